The summed E-state index contributed by atoms with van der Waals surface area (Å²) in [5.74, 6) is 0.885. The van der Waals surface area contributed by atoms with Crippen LogP contribution in [-0.4, -0.2) is 16.0 Å². The number of nitrogens with one attached hydrogen (secondary N) is 1. The number of benzene rings is 1. The van der Waals surface area contributed by atoms with Gasteiger partial charge >= 0.3 is 0 Å². The van der Waals surface area contributed by atoms with Crippen molar-refractivity contribution >= 4 is 38.4 Å². The second kappa shape index (κ2) is 5.44. The average molecular weight is 376 g/mol. The van der Waals surface area contributed by atoms with Crippen molar-refractivity contribution in [2.45, 2.75) is 32.6 Å². The van der Waals surface area contributed by atoms with Gasteiger partial charge in [-0.25, -0.2) is 0 Å². The van der Waals surface area contributed by atoms with Crippen LogP contribution in [0.1, 0.15) is 31.2 Å². The minimum Gasteiger partial charge on any atom is -0.493 e. The number of aromatic amines is 1. The van der Waals surface area contributed by atoms with Gasteiger partial charge < -0.3 is 10.1 Å². The van der Waals surface area contributed by atoms with E-state index in [1.54, 1.807) is 0 Å². The fraction of sp³-hybridized carbons (Fsp3) is 0.471. The number of azo groups is 1. The molecule has 120 valence electrons. The zero-order valence-electron chi connectivity index (χ0n) is 12.8. The van der Waals surface area contributed by atoms with Gasteiger partial charge in [0.25, 0.3) is 5.91 Å². The first-order chi connectivity index (χ1) is 11.1. The maximum absolute atomic E-state index is 12.3. The van der Waals surface area contributed by atoms with Gasteiger partial charge in [-0.2, -0.15) is 0 Å². The van der Waals surface area contributed by atoms with Gasteiger partial charge in [-0.1, -0.05) is 18.9 Å². The van der Waals surface area contributed by atoms with Crippen LogP contribution in [0.4, 0.5) is 5.69 Å². The summed E-state index contributed by atoms with van der Waals surface area (Å²) in [6.45, 7) is 1.97. The maximum atomic E-state index is 12.3. The molecule has 2 unspecified atom stereocenters. The quantitative estimate of drug-likeness (QED) is 0.725. The van der Waals surface area contributed by atoms with Gasteiger partial charge in [-0.05, 0) is 59.2 Å². The minimum atomic E-state index is -0.139. The van der Waals surface area contributed by atoms with Crippen LogP contribution >= 0.6 is 15.9 Å². The molecule has 2 aromatic rings. The Morgan fingerprint density at radius 2 is 2.00 bits per heavy atom. The third-order valence-corrected chi connectivity index (χ3v) is 6.26. The Labute approximate surface area is 142 Å². The number of carbonyl (C=O) groups is 1. The number of aryl methyl sites for hydroxylation is 1. The molecule has 0 aliphatic heterocycles. The molecule has 4 rings (SSSR count). The van der Waals surface area contributed by atoms with Crippen molar-refractivity contribution in [3.05, 3.63) is 22.2 Å². The standard InChI is InChI=1S/C17H18BrN3O2/c1-8-6-7-11-13(14(8)18)15(17(23)19-11)20-21-16(22)12-9-4-2-3-5-10(9)12/h6-7,9-10,12,19,23H,2-5H2,1H3. The molecule has 2 saturated carbocycles. The van der Waals surface area contributed by atoms with Crippen LogP contribution < -0.4 is 0 Å². The van der Waals surface area contributed by atoms with E-state index in [1.807, 2.05) is 19.1 Å². The molecule has 1 heterocycles. The van der Waals surface area contributed by atoms with Gasteiger partial charge in [-0.3, -0.25) is 4.79 Å². The van der Waals surface area contributed by atoms with Gasteiger partial charge in [0.05, 0.1) is 5.52 Å². The fourth-order valence-corrected chi connectivity index (χ4v) is 4.48. The number of halogens is 1. The van der Waals surface area contributed by atoms with Crippen molar-refractivity contribution in [2.24, 2.45) is 28.0 Å². The Hall–Kier alpha value is -1.69. The summed E-state index contributed by atoms with van der Waals surface area (Å²) in [4.78, 5) is 15.2. The molecule has 0 bridgehead atoms. The zero-order valence-corrected chi connectivity index (χ0v) is 14.4. The molecule has 23 heavy (non-hydrogen) atoms. The molecule has 0 saturated heterocycles. The van der Waals surface area contributed by atoms with E-state index in [2.05, 4.69) is 31.1 Å². The van der Waals surface area contributed by atoms with Gasteiger partial charge in [0.15, 0.2) is 5.69 Å². The Morgan fingerprint density at radius 3 is 2.70 bits per heavy atom. The number of amides is 1. The number of aromatic nitrogens is 1. The normalized spacial score (nSPS) is 26.6. The maximum Gasteiger partial charge on any atom is 0.268 e. The Balaban J connectivity index is 1.64. The molecule has 1 amide bonds. The van der Waals surface area contributed by atoms with E-state index in [0.717, 1.165) is 33.8 Å². The lowest BCUT2D eigenvalue weighted by Crippen LogP contribution is -1.97. The molecule has 6 heteroatoms. The Bertz CT molecular complexity index is 815. The fourth-order valence-electron chi connectivity index (χ4n) is 3.94. The van der Waals surface area contributed by atoms with E-state index in [1.165, 1.54) is 12.8 Å². The molecule has 2 N–H and O–H groups in total. The molecule has 2 atom stereocenters. The minimum absolute atomic E-state index is 0.0544. The largest absolute Gasteiger partial charge is 0.493 e. The summed E-state index contributed by atoms with van der Waals surface area (Å²) in [5.41, 5.74) is 2.13. The first-order valence-corrected chi connectivity index (χ1v) is 8.82. The molecule has 2 fully saturated rings. The lowest BCUT2D eigenvalue weighted by atomic mass is 10.0. The van der Waals surface area contributed by atoms with E-state index in [0.29, 0.717) is 17.5 Å². The van der Waals surface area contributed by atoms with Crippen molar-refractivity contribution in [1.29, 1.82) is 0 Å². The lowest BCUT2D eigenvalue weighted by molar-refractivity contribution is -0.120. The predicted octanol–water partition coefficient (Wildman–Crippen LogP) is 4.99. The number of hydrogen-bond donors (Lipinski definition) is 2. The van der Waals surface area contributed by atoms with Crippen LogP contribution in [0.15, 0.2) is 26.8 Å². The van der Waals surface area contributed by atoms with Crippen LogP contribution in [0.2, 0.25) is 0 Å². The lowest BCUT2D eigenvalue weighted by Gasteiger charge is -2.04. The van der Waals surface area contributed by atoms with Crippen LogP contribution in [-0.2, 0) is 4.79 Å². The number of H-pyrrole nitrogens is 1. The van der Waals surface area contributed by atoms with Crippen LogP contribution in [0, 0.1) is 24.7 Å². The molecule has 2 aliphatic carbocycles. The third kappa shape index (κ3) is 2.40. The molecule has 1 aromatic carbocycles. The van der Waals surface area contributed by atoms with Gasteiger partial charge in [-0.15, -0.1) is 10.2 Å². The number of hydrogen-bond acceptors (Lipinski definition) is 3. The van der Waals surface area contributed by atoms with Crippen LogP contribution in [0.25, 0.3) is 10.9 Å². The van der Waals surface area contributed by atoms with Crippen molar-refractivity contribution in [3.8, 4) is 5.88 Å². The molecule has 0 spiro atoms. The highest BCUT2D eigenvalue weighted by molar-refractivity contribution is 9.10. The summed E-state index contributed by atoms with van der Waals surface area (Å²) in [6, 6.07) is 3.83. The van der Waals surface area contributed by atoms with Crippen LogP contribution in [0.5, 0.6) is 5.88 Å². The zero-order chi connectivity index (χ0) is 16.1. The molecular weight excluding hydrogens is 358 g/mol. The Morgan fingerprint density at radius 1 is 1.30 bits per heavy atom. The van der Waals surface area contributed by atoms with Gasteiger partial charge in [0.2, 0.25) is 5.88 Å². The number of aromatic hydroxyl groups is 1. The second-order valence-electron chi connectivity index (χ2n) is 6.62. The van der Waals surface area contributed by atoms with Crippen molar-refractivity contribution < 1.29 is 9.90 Å². The molecular formula is C17H18BrN3O2. The Kier molecular flexibility index (Phi) is 3.52. The van der Waals surface area contributed by atoms with E-state index < -0.39 is 0 Å². The van der Waals surface area contributed by atoms with Crippen molar-refractivity contribution in [1.82, 2.24) is 4.98 Å². The molecule has 1 aromatic heterocycles. The SMILES string of the molecule is Cc1ccc2[nH]c(O)c(N=NC(=O)C3C4CCCCC43)c2c1Br. The number of rotatable bonds is 2. The number of nitrogens with zero attached hydrogens (tertiary/aromatic N) is 2. The van der Waals surface area contributed by atoms with E-state index in [-0.39, 0.29) is 17.7 Å². The highest BCUT2D eigenvalue weighted by atomic mass is 79.9. The van der Waals surface area contributed by atoms with Crippen molar-refractivity contribution in [3.63, 3.8) is 0 Å². The predicted molar refractivity (Wildman–Crippen MR) is 90.9 cm³/mol. The van der Waals surface area contributed by atoms with E-state index >= 15 is 0 Å². The third-order valence-electron chi connectivity index (χ3n) is 5.24. The first-order valence-electron chi connectivity index (χ1n) is 8.03. The van der Waals surface area contributed by atoms with Gasteiger partial charge in [0, 0.05) is 15.8 Å². The molecule has 2 aliphatic rings. The monoisotopic (exact) mass is 375 g/mol. The number of carbonyl (C=O) groups excluding carboxylic acids is 1. The van der Waals surface area contributed by atoms with Gasteiger partial charge in [0.1, 0.15) is 0 Å². The summed E-state index contributed by atoms with van der Waals surface area (Å²) in [6.07, 6.45) is 4.72. The summed E-state index contributed by atoms with van der Waals surface area (Å²) < 4.78 is 0.855. The van der Waals surface area contributed by atoms with Crippen molar-refractivity contribution in [2.75, 3.05) is 0 Å². The smallest absolute Gasteiger partial charge is 0.268 e. The topological polar surface area (TPSA) is 77.8 Å². The highest BCUT2D eigenvalue weighted by Crippen LogP contribution is 2.56. The highest BCUT2D eigenvalue weighted by Gasteiger charge is 2.54. The summed E-state index contributed by atoms with van der Waals surface area (Å²) >= 11 is 3.53. The number of fused-ring (bicyclic) bond motifs is 2. The van der Waals surface area contributed by atoms with E-state index in [4.69, 9.17) is 0 Å². The van der Waals surface area contributed by atoms with Crippen LogP contribution in [0.3, 0.4) is 0 Å². The van der Waals surface area contributed by atoms with E-state index in [9.17, 15) is 9.90 Å². The summed E-state index contributed by atoms with van der Waals surface area (Å²) in [7, 11) is 0. The summed E-state index contributed by atoms with van der Waals surface area (Å²) in [5, 5.41) is 18.8. The second-order valence-corrected chi connectivity index (χ2v) is 7.41. The average Bonchev–Trinajstić information content (AvgIpc) is 3.18. The molecule has 5 nitrogen and oxygen atoms in total. The first kappa shape index (κ1) is 14.9. The molecule has 0 radical (unpaired) electrons.